The fraction of sp³-hybridized carbons (Fsp3) is 0.357. The quantitative estimate of drug-likeness (QED) is 0.873. The Labute approximate surface area is 113 Å². The van der Waals surface area contributed by atoms with Gasteiger partial charge in [0.1, 0.15) is 0 Å². The lowest BCUT2D eigenvalue weighted by Crippen LogP contribution is -2.40. The Morgan fingerprint density at radius 2 is 1.79 bits per heavy atom. The molecular formula is C14H19N5. The molecule has 0 amide bonds. The van der Waals surface area contributed by atoms with Crippen molar-refractivity contribution in [3.05, 3.63) is 47.3 Å². The molecule has 1 unspecified atom stereocenters. The summed E-state index contributed by atoms with van der Waals surface area (Å²) in [5.41, 5.74) is 8.30. The van der Waals surface area contributed by atoms with E-state index in [2.05, 4.69) is 20.5 Å². The zero-order valence-corrected chi connectivity index (χ0v) is 11.5. The van der Waals surface area contributed by atoms with Gasteiger partial charge in [-0.2, -0.15) is 5.10 Å². The lowest BCUT2D eigenvalue weighted by molar-refractivity contribution is 0.548. The summed E-state index contributed by atoms with van der Waals surface area (Å²) in [7, 11) is 0. The Hall–Kier alpha value is -2.01. The van der Waals surface area contributed by atoms with Crippen LogP contribution in [-0.2, 0) is 5.54 Å². The van der Waals surface area contributed by atoms with Crippen LogP contribution < -0.4 is 11.1 Å². The largest absolute Gasteiger partial charge is 0.342 e. The zero-order valence-electron chi connectivity index (χ0n) is 11.5. The Morgan fingerprint density at radius 1 is 1.11 bits per heavy atom. The van der Waals surface area contributed by atoms with Gasteiger partial charge in [0.15, 0.2) is 0 Å². The predicted molar refractivity (Wildman–Crippen MR) is 75.8 cm³/mol. The number of benzene rings is 1. The average molecular weight is 257 g/mol. The Morgan fingerprint density at radius 3 is 2.37 bits per heavy atom. The van der Waals surface area contributed by atoms with Crippen molar-refractivity contribution in [2.45, 2.75) is 26.3 Å². The summed E-state index contributed by atoms with van der Waals surface area (Å²) < 4.78 is 0. The molecule has 0 saturated heterocycles. The third-order valence-electron chi connectivity index (χ3n) is 3.30. The smallest absolute Gasteiger partial charge is 0.243 e. The van der Waals surface area contributed by atoms with Crippen molar-refractivity contribution in [2.24, 2.45) is 5.73 Å². The Balaban J connectivity index is 2.30. The van der Waals surface area contributed by atoms with E-state index in [4.69, 9.17) is 5.73 Å². The van der Waals surface area contributed by atoms with Crippen molar-refractivity contribution in [3.8, 4) is 0 Å². The molecule has 0 saturated carbocycles. The van der Waals surface area contributed by atoms with E-state index in [-0.39, 0.29) is 0 Å². The van der Waals surface area contributed by atoms with E-state index in [1.54, 1.807) is 0 Å². The number of rotatable bonds is 4. The zero-order chi connectivity index (χ0) is 13.9. The topological polar surface area (TPSA) is 76.7 Å². The predicted octanol–water partition coefficient (Wildman–Crippen LogP) is 1.77. The summed E-state index contributed by atoms with van der Waals surface area (Å²) in [5, 5.41) is 11.4. The number of nitrogens with one attached hydrogen (secondary N) is 1. The molecule has 1 atom stereocenters. The number of aryl methyl sites for hydroxylation is 2. The molecular weight excluding hydrogens is 238 g/mol. The molecule has 0 fully saturated rings. The maximum absolute atomic E-state index is 5.92. The van der Waals surface area contributed by atoms with E-state index < -0.39 is 5.54 Å². The molecule has 0 aliphatic carbocycles. The van der Waals surface area contributed by atoms with Crippen LogP contribution in [0.25, 0.3) is 0 Å². The maximum Gasteiger partial charge on any atom is 0.243 e. The molecule has 5 nitrogen and oxygen atoms in total. The fourth-order valence-corrected chi connectivity index (χ4v) is 1.80. The van der Waals surface area contributed by atoms with Gasteiger partial charge in [0.05, 0.1) is 16.9 Å². The van der Waals surface area contributed by atoms with Crippen molar-refractivity contribution in [1.82, 2.24) is 15.2 Å². The number of nitrogens with zero attached hydrogens (tertiary/aromatic N) is 3. The van der Waals surface area contributed by atoms with Crippen LogP contribution in [0.1, 0.15) is 23.9 Å². The number of anilines is 1. The highest BCUT2D eigenvalue weighted by molar-refractivity contribution is 5.37. The first kappa shape index (κ1) is 13.4. The van der Waals surface area contributed by atoms with E-state index in [0.29, 0.717) is 12.5 Å². The van der Waals surface area contributed by atoms with Crippen molar-refractivity contribution in [1.29, 1.82) is 0 Å². The van der Waals surface area contributed by atoms with Crippen molar-refractivity contribution < 1.29 is 0 Å². The Kier molecular flexibility index (Phi) is 3.76. The first-order chi connectivity index (χ1) is 9.05. The van der Waals surface area contributed by atoms with Crippen LogP contribution in [0.3, 0.4) is 0 Å². The van der Waals surface area contributed by atoms with Crippen molar-refractivity contribution >= 4 is 5.95 Å². The van der Waals surface area contributed by atoms with E-state index in [1.165, 1.54) is 0 Å². The van der Waals surface area contributed by atoms with Gasteiger partial charge in [0.2, 0.25) is 5.95 Å². The van der Waals surface area contributed by atoms with E-state index in [0.717, 1.165) is 17.0 Å². The SMILES string of the molecule is Cc1nnc(NC(C)(CN)c2ccccc2)nc1C. The van der Waals surface area contributed by atoms with E-state index >= 15 is 0 Å². The van der Waals surface area contributed by atoms with Gasteiger partial charge in [-0.1, -0.05) is 30.3 Å². The third-order valence-corrected chi connectivity index (χ3v) is 3.30. The molecule has 1 aromatic carbocycles. The monoisotopic (exact) mass is 257 g/mol. The summed E-state index contributed by atoms with van der Waals surface area (Å²) in [6.45, 7) is 6.27. The molecule has 0 radical (unpaired) electrons. The summed E-state index contributed by atoms with van der Waals surface area (Å²) in [6, 6.07) is 10.0. The van der Waals surface area contributed by atoms with Gasteiger partial charge in [-0.25, -0.2) is 4.98 Å². The summed E-state index contributed by atoms with van der Waals surface area (Å²) in [4.78, 5) is 4.39. The second-order valence-electron chi connectivity index (χ2n) is 4.83. The normalized spacial score (nSPS) is 13.9. The molecule has 100 valence electrons. The van der Waals surface area contributed by atoms with Gasteiger partial charge in [0, 0.05) is 6.54 Å². The molecule has 1 heterocycles. The molecule has 0 spiro atoms. The van der Waals surface area contributed by atoms with Gasteiger partial charge in [-0.3, -0.25) is 0 Å². The van der Waals surface area contributed by atoms with Crippen LogP contribution in [-0.4, -0.2) is 21.7 Å². The van der Waals surface area contributed by atoms with Crippen molar-refractivity contribution in [3.63, 3.8) is 0 Å². The third kappa shape index (κ3) is 2.88. The minimum absolute atomic E-state index is 0.412. The first-order valence-corrected chi connectivity index (χ1v) is 6.27. The van der Waals surface area contributed by atoms with Gasteiger partial charge in [-0.15, -0.1) is 5.10 Å². The minimum Gasteiger partial charge on any atom is -0.342 e. The van der Waals surface area contributed by atoms with Crippen LogP contribution >= 0.6 is 0 Å². The first-order valence-electron chi connectivity index (χ1n) is 6.27. The van der Waals surface area contributed by atoms with Crippen LogP contribution in [0, 0.1) is 13.8 Å². The second kappa shape index (κ2) is 5.32. The summed E-state index contributed by atoms with van der Waals surface area (Å²) >= 11 is 0. The minimum atomic E-state index is -0.412. The maximum atomic E-state index is 5.92. The van der Waals surface area contributed by atoms with Crippen molar-refractivity contribution in [2.75, 3.05) is 11.9 Å². The standard InChI is InChI=1S/C14H19N5/c1-10-11(2)18-19-13(16-10)17-14(3,9-15)12-7-5-4-6-8-12/h4-8H,9,15H2,1-3H3,(H,16,17,19). The van der Waals surface area contributed by atoms with Gasteiger partial charge >= 0.3 is 0 Å². The van der Waals surface area contributed by atoms with Gasteiger partial charge in [0.25, 0.3) is 0 Å². The Bertz CT molecular complexity index is 555. The molecule has 0 aliphatic rings. The van der Waals surface area contributed by atoms with E-state index in [1.807, 2.05) is 51.1 Å². The molecule has 1 aromatic heterocycles. The second-order valence-corrected chi connectivity index (χ2v) is 4.83. The van der Waals surface area contributed by atoms with Gasteiger partial charge in [-0.05, 0) is 26.3 Å². The molecule has 2 rings (SSSR count). The van der Waals surface area contributed by atoms with Crippen LogP contribution in [0.5, 0.6) is 0 Å². The molecule has 2 aromatic rings. The number of hydrogen-bond acceptors (Lipinski definition) is 5. The van der Waals surface area contributed by atoms with Crippen LogP contribution in [0.15, 0.2) is 30.3 Å². The summed E-state index contributed by atoms with van der Waals surface area (Å²) in [5.74, 6) is 0.500. The van der Waals surface area contributed by atoms with Crippen LogP contribution in [0.4, 0.5) is 5.95 Å². The lowest BCUT2D eigenvalue weighted by Gasteiger charge is -2.29. The molecule has 0 aliphatic heterocycles. The van der Waals surface area contributed by atoms with E-state index in [9.17, 15) is 0 Å². The van der Waals surface area contributed by atoms with Crippen LogP contribution in [0.2, 0.25) is 0 Å². The number of nitrogens with two attached hydrogens (primary N) is 1. The molecule has 19 heavy (non-hydrogen) atoms. The molecule has 3 N–H and O–H groups in total. The highest BCUT2D eigenvalue weighted by atomic mass is 15.3. The lowest BCUT2D eigenvalue weighted by atomic mass is 9.92. The fourth-order valence-electron chi connectivity index (χ4n) is 1.80. The molecule has 5 heteroatoms. The average Bonchev–Trinajstić information content (AvgIpc) is 2.44. The molecule has 0 bridgehead atoms. The summed E-state index contributed by atoms with van der Waals surface area (Å²) in [6.07, 6.45) is 0. The number of hydrogen-bond donors (Lipinski definition) is 2. The highest BCUT2D eigenvalue weighted by Gasteiger charge is 2.25. The highest BCUT2D eigenvalue weighted by Crippen LogP contribution is 2.23. The number of aromatic nitrogens is 3. The van der Waals surface area contributed by atoms with Gasteiger partial charge < -0.3 is 11.1 Å².